The summed E-state index contributed by atoms with van der Waals surface area (Å²) < 4.78 is 10.6. The molecule has 1 aliphatic rings. The van der Waals surface area contributed by atoms with Gasteiger partial charge in [0.2, 0.25) is 5.91 Å². The van der Waals surface area contributed by atoms with Crippen molar-refractivity contribution >= 4 is 23.4 Å². The summed E-state index contributed by atoms with van der Waals surface area (Å²) >= 11 is 0. The highest BCUT2D eigenvalue weighted by Gasteiger charge is 2.36. The number of oxazole rings is 1. The molecule has 10 heteroatoms. The minimum absolute atomic E-state index is 0.222. The number of likely N-dealkylation sites (N-methyl/N-ethyl adjacent to an activating group) is 1. The highest BCUT2D eigenvalue weighted by atomic mass is 16.5. The Hall–Kier alpha value is -3.40. The van der Waals surface area contributed by atoms with Gasteiger partial charge in [0.05, 0.1) is 18.9 Å². The number of ether oxygens (including phenoxy) is 1. The van der Waals surface area contributed by atoms with Crippen molar-refractivity contribution in [3.63, 3.8) is 0 Å². The van der Waals surface area contributed by atoms with Crippen LogP contribution in [0.1, 0.15) is 13.8 Å². The molecule has 0 aliphatic carbocycles. The topological polar surface area (TPSA) is 117 Å². The van der Waals surface area contributed by atoms with Crippen LogP contribution in [0.25, 0.3) is 11.3 Å². The maximum absolute atomic E-state index is 12.8. The van der Waals surface area contributed by atoms with E-state index in [2.05, 4.69) is 20.5 Å². The molecule has 166 valence electrons. The van der Waals surface area contributed by atoms with E-state index in [0.717, 1.165) is 13.1 Å². The number of hydrogen-bond donors (Lipinski definition) is 2. The molecule has 3 amide bonds. The Balaban J connectivity index is 1.63. The molecular weight excluding hydrogens is 402 g/mol. The first-order valence-corrected chi connectivity index (χ1v) is 9.89. The maximum Gasteiger partial charge on any atom is 0.313 e. The van der Waals surface area contributed by atoms with Gasteiger partial charge in [0, 0.05) is 37.9 Å². The molecule has 3 rings (SSSR count). The summed E-state index contributed by atoms with van der Waals surface area (Å²) in [6.45, 7) is 5.88. The Morgan fingerprint density at radius 3 is 2.45 bits per heavy atom. The number of benzene rings is 1. The maximum atomic E-state index is 12.8. The Labute approximate surface area is 180 Å². The number of anilines is 1. The Kier molecular flexibility index (Phi) is 6.59. The van der Waals surface area contributed by atoms with E-state index < -0.39 is 17.4 Å². The van der Waals surface area contributed by atoms with Gasteiger partial charge in [0.15, 0.2) is 12.2 Å². The van der Waals surface area contributed by atoms with E-state index in [9.17, 15) is 14.4 Å². The standard InChI is InChI=1S/C21H27N5O5/c1-21(2,20(29)26-9-7-25(3)8-10-26)24-19(28)18(27)23-14-5-6-15(16(11-14)30-4)17-12-22-13-31-17/h5-6,11-13H,7-10H2,1-4H3,(H,23,27)(H,24,28). The molecule has 1 aromatic carbocycles. The lowest BCUT2D eigenvalue weighted by atomic mass is 10.0. The van der Waals surface area contributed by atoms with E-state index in [-0.39, 0.29) is 5.91 Å². The largest absolute Gasteiger partial charge is 0.496 e. The van der Waals surface area contributed by atoms with E-state index >= 15 is 0 Å². The summed E-state index contributed by atoms with van der Waals surface area (Å²) in [5.74, 6) is -1.04. The van der Waals surface area contributed by atoms with Crippen molar-refractivity contribution in [3.8, 4) is 17.1 Å². The van der Waals surface area contributed by atoms with Crippen molar-refractivity contribution in [2.75, 3.05) is 45.7 Å². The number of piperazine rings is 1. The van der Waals surface area contributed by atoms with Crippen LogP contribution >= 0.6 is 0 Å². The van der Waals surface area contributed by atoms with E-state index in [1.165, 1.54) is 13.5 Å². The summed E-state index contributed by atoms with van der Waals surface area (Å²) in [4.78, 5) is 45.4. The second-order valence-corrected chi connectivity index (χ2v) is 7.91. The number of carbonyl (C=O) groups excluding carboxylic acids is 3. The van der Waals surface area contributed by atoms with Gasteiger partial charge in [-0.05, 0) is 33.0 Å². The van der Waals surface area contributed by atoms with Gasteiger partial charge >= 0.3 is 11.8 Å². The molecule has 1 saturated heterocycles. The molecule has 0 saturated carbocycles. The lowest BCUT2D eigenvalue weighted by Crippen LogP contribution is -2.60. The second-order valence-electron chi connectivity index (χ2n) is 7.91. The van der Waals surface area contributed by atoms with Gasteiger partial charge in [-0.15, -0.1) is 0 Å². The molecule has 0 unspecified atom stereocenters. The summed E-state index contributed by atoms with van der Waals surface area (Å²) in [6, 6.07) is 4.88. The first-order chi connectivity index (χ1) is 14.7. The Morgan fingerprint density at radius 1 is 1.13 bits per heavy atom. The molecule has 0 bridgehead atoms. The van der Waals surface area contributed by atoms with Crippen molar-refractivity contribution in [3.05, 3.63) is 30.8 Å². The van der Waals surface area contributed by atoms with Crippen LogP contribution in [-0.4, -0.2) is 78.4 Å². The van der Waals surface area contributed by atoms with Crippen molar-refractivity contribution < 1.29 is 23.5 Å². The number of rotatable bonds is 5. The minimum atomic E-state index is -1.21. The molecule has 2 heterocycles. The summed E-state index contributed by atoms with van der Waals surface area (Å²) in [5.41, 5.74) is -0.192. The van der Waals surface area contributed by atoms with Crippen LogP contribution < -0.4 is 15.4 Å². The highest BCUT2D eigenvalue weighted by Crippen LogP contribution is 2.32. The fourth-order valence-electron chi connectivity index (χ4n) is 3.31. The highest BCUT2D eigenvalue weighted by molar-refractivity contribution is 6.40. The van der Waals surface area contributed by atoms with Gasteiger partial charge in [-0.3, -0.25) is 14.4 Å². The normalized spacial score (nSPS) is 14.8. The molecule has 1 aromatic heterocycles. The van der Waals surface area contributed by atoms with Crippen LogP contribution in [0.5, 0.6) is 5.75 Å². The number of carbonyl (C=O) groups is 3. The second kappa shape index (κ2) is 9.17. The average molecular weight is 429 g/mol. The molecule has 10 nitrogen and oxygen atoms in total. The summed E-state index contributed by atoms with van der Waals surface area (Å²) in [6.07, 6.45) is 2.85. The van der Waals surface area contributed by atoms with Crippen molar-refractivity contribution in [1.82, 2.24) is 20.1 Å². The van der Waals surface area contributed by atoms with E-state index in [1.54, 1.807) is 43.1 Å². The minimum Gasteiger partial charge on any atom is -0.496 e. The monoisotopic (exact) mass is 429 g/mol. The zero-order chi connectivity index (χ0) is 22.6. The van der Waals surface area contributed by atoms with Gasteiger partial charge in [-0.25, -0.2) is 4.98 Å². The fraction of sp³-hybridized carbons (Fsp3) is 0.429. The van der Waals surface area contributed by atoms with Crippen LogP contribution in [0.4, 0.5) is 5.69 Å². The zero-order valence-electron chi connectivity index (χ0n) is 18.1. The van der Waals surface area contributed by atoms with Crippen LogP contribution in [0.2, 0.25) is 0 Å². The van der Waals surface area contributed by atoms with Crippen LogP contribution in [-0.2, 0) is 14.4 Å². The smallest absolute Gasteiger partial charge is 0.313 e. The van der Waals surface area contributed by atoms with Crippen LogP contribution in [0.15, 0.2) is 35.2 Å². The van der Waals surface area contributed by atoms with Crippen molar-refractivity contribution in [2.45, 2.75) is 19.4 Å². The van der Waals surface area contributed by atoms with Crippen LogP contribution in [0, 0.1) is 0 Å². The summed E-state index contributed by atoms with van der Waals surface area (Å²) in [5, 5.41) is 5.06. The van der Waals surface area contributed by atoms with Crippen LogP contribution in [0.3, 0.4) is 0 Å². The molecule has 0 spiro atoms. The number of hydrogen-bond acceptors (Lipinski definition) is 7. The molecular formula is C21H27N5O5. The van der Waals surface area contributed by atoms with Gasteiger partial charge in [0.1, 0.15) is 11.3 Å². The Bertz CT molecular complexity index is 949. The van der Waals surface area contributed by atoms with Gasteiger partial charge in [0.25, 0.3) is 0 Å². The van der Waals surface area contributed by atoms with E-state index in [4.69, 9.17) is 9.15 Å². The van der Waals surface area contributed by atoms with E-state index in [1.807, 2.05) is 7.05 Å². The van der Waals surface area contributed by atoms with Gasteiger partial charge < -0.3 is 29.6 Å². The van der Waals surface area contributed by atoms with E-state index in [0.29, 0.717) is 35.9 Å². The lowest BCUT2D eigenvalue weighted by Gasteiger charge is -2.37. The quantitative estimate of drug-likeness (QED) is 0.680. The average Bonchev–Trinajstić information content (AvgIpc) is 3.28. The Morgan fingerprint density at radius 2 is 1.84 bits per heavy atom. The number of amides is 3. The third-order valence-corrected chi connectivity index (χ3v) is 5.11. The molecule has 2 N–H and O–H groups in total. The lowest BCUT2D eigenvalue weighted by molar-refractivity contribution is -0.144. The summed E-state index contributed by atoms with van der Waals surface area (Å²) in [7, 11) is 3.48. The third kappa shape index (κ3) is 5.21. The van der Waals surface area contributed by atoms with Gasteiger partial charge in [-0.1, -0.05) is 0 Å². The molecule has 1 aliphatic heterocycles. The SMILES string of the molecule is COc1cc(NC(=O)C(=O)NC(C)(C)C(=O)N2CCN(C)CC2)ccc1-c1cnco1. The molecule has 0 atom stereocenters. The molecule has 2 aromatic rings. The number of methoxy groups -OCH3 is 1. The number of nitrogens with zero attached hydrogens (tertiary/aromatic N) is 3. The molecule has 1 fully saturated rings. The third-order valence-electron chi connectivity index (χ3n) is 5.11. The molecule has 0 radical (unpaired) electrons. The first kappa shape index (κ1) is 22.3. The van der Waals surface area contributed by atoms with Gasteiger partial charge in [-0.2, -0.15) is 0 Å². The number of aromatic nitrogens is 1. The fourth-order valence-corrected chi connectivity index (χ4v) is 3.31. The van der Waals surface area contributed by atoms with Crippen molar-refractivity contribution in [1.29, 1.82) is 0 Å². The molecule has 31 heavy (non-hydrogen) atoms. The predicted molar refractivity (Wildman–Crippen MR) is 113 cm³/mol. The predicted octanol–water partition coefficient (Wildman–Crippen LogP) is 0.958. The zero-order valence-corrected chi connectivity index (χ0v) is 18.1. The number of nitrogens with one attached hydrogen (secondary N) is 2. The van der Waals surface area contributed by atoms with Crippen molar-refractivity contribution in [2.24, 2.45) is 0 Å². The first-order valence-electron chi connectivity index (χ1n) is 9.89.